The van der Waals surface area contributed by atoms with Gasteiger partial charge in [-0.05, 0) is 30.2 Å². The summed E-state index contributed by atoms with van der Waals surface area (Å²) in [5.74, 6) is 1.26. The molecule has 3 nitrogen and oxygen atoms in total. The Morgan fingerprint density at radius 2 is 2.29 bits per heavy atom. The molecule has 0 N–H and O–H groups in total. The normalized spacial score (nSPS) is 23.6. The first-order valence-electron chi connectivity index (χ1n) is 5.77. The van der Waals surface area contributed by atoms with E-state index in [1.54, 1.807) is 0 Å². The van der Waals surface area contributed by atoms with Crippen LogP contribution in [0.1, 0.15) is 31.7 Å². The number of aromatic nitrogens is 3. The van der Waals surface area contributed by atoms with Gasteiger partial charge in [0.2, 0.25) is 5.95 Å². The first-order valence-corrected chi connectivity index (χ1v) is 6.15. The highest BCUT2D eigenvalue weighted by Crippen LogP contribution is 2.52. The van der Waals surface area contributed by atoms with Gasteiger partial charge in [0.25, 0.3) is 0 Å². The lowest BCUT2D eigenvalue weighted by Gasteiger charge is -2.05. The summed E-state index contributed by atoms with van der Waals surface area (Å²) in [6, 6.07) is 1.82. The van der Waals surface area contributed by atoms with Crippen molar-refractivity contribution in [2.75, 3.05) is 0 Å². The van der Waals surface area contributed by atoms with Gasteiger partial charge < -0.3 is 0 Å². The Bertz CT molecular complexity index is 578. The van der Waals surface area contributed by atoms with Gasteiger partial charge in [-0.1, -0.05) is 25.4 Å². The minimum atomic E-state index is -0.467. The van der Waals surface area contributed by atoms with Gasteiger partial charge in [0.15, 0.2) is 10.8 Å². The second kappa shape index (κ2) is 3.67. The molecular formula is C12H13ClFN3. The summed E-state index contributed by atoms with van der Waals surface area (Å²) < 4.78 is 14.6. The monoisotopic (exact) mass is 253 g/mol. The molecule has 2 aromatic rings. The summed E-state index contributed by atoms with van der Waals surface area (Å²) in [5, 5.41) is 4.24. The van der Waals surface area contributed by atoms with Crippen LogP contribution in [-0.2, 0) is 0 Å². The van der Waals surface area contributed by atoms with E-state index >= 15 is 0 Å². The number of rotatable bonds is 2. The first-order chi connectivity index (χ1) is 8.08. The van der Waals surface area contributed by atoms with E-state index in [1.165, 1.54) is 10.7 Å². The lowest BCUT2D eigenvalue weighted by atomic mass is 10.0. The molecule has 1 fully saturated rings. The van der Waals surface area contributed by atoms with Gasteiger partial charge in [-0.3, -0.25) is 0 Å². The van der Waals surface area contributed by atoms with E-state index in [-0.39, 0.29) is 0 Å². The molecule has 2 atom stereocenters. The Kier molecular flexibility index (Phi) is 2.36. The van der Waals surface area contributed by atoms with Gasteiger partial charge in [0, 0.05) is 5.56 Å². The van der Waals surface area contributed by atoms with Crippen LogP contribution < -0.4 is 0 Å². The van der Waals surface area contributed by atoms with Crippen LogP contribution in [0.25, 0.3) is 5.65 Å². The zero-order valence-corrected chi connectivity index (χ0v) is 10.4. The first kappa shape index (κ1) is 11.0. The minimum Gasteiger partial charge on any atom is -0.232 e. The molecule has 90 valence electrons. The molecule has 0 radical (unpaired) electrons. The number of hydrogen-bond acceptors (Lipinski definition) is 2. The molecule has 2 heterocycles. The van der Waals surface area contributed by atoms with Gasteiger partial charge in [0.05, 0.1) is 6.20 Å². The van der Waals surface area contributed by atoms with Crippen LogP contribution in [0.4, 0.5) is 4.39 Å². The molecule has 5 heteroatoms. The lowest BCUT2D eigenvalue weighted by Crippen LogP contribution is -2.00. The Morgan fingerprint density at radius 1 is 1.53 bits per heavy atom. The summed E-state index contributed by atoms with van der Waals surface area (Å²) in [6.07, 6.45) is 2.32. The van der Waals surface area contributed by atoms with Crippen molar-refractivity contribution in [3.8, 4) is 0 Å². The molecule has 0 bridgehead atoms. The smallest absolute Gasteiger partial charge is 0.232 e. The number of nitrogens with zero attached hydrogens (tertiary/aromatic N) is 3. The van der Waals surface area contributed by atoms with Crippen LogP contribution in [0.2, 0.25) is 5.15 Å². The van der Waals surface area contributed by atoms with Crippen molar-refractivity contribution in [1.29, 1.82) is 0 Å². The van der Waals surface area contributed by atoms with Gasteiger partial charge in [-0.2, -0.15) is 14.0 Å². The Labute approximate surface area is 104 Å². The fraction of sp³-hybridized carbons (Fsp3) is 0.500. The van der Waals surface area contributed by atoms with Gasteiger partial charge in [-0.15, -0.1) is 0 Å². The van der Waals surface area contributed by atoms with Crippen LogP contribution in [0.5, 0.6) is 0 Å². The molecule has 0 amide bonds. The van der Waals surface area contributed by atoms with Crippen molar-refractivity contribution >= 4 is 17.2 Å². The predicted octanol–water partition coefficient (Wildman–Crippen LogP) is 3.28. The van der Waals surface area contributed by atoms with Crippen LogP contribution >= 0.6 is 11.6 Å². The molecule has 2 aromatic heterocycles. The Balaban J connectivity index is 2.11. The van der Waals surface area contributed by atoms with E-state index in [0.29, 0.717) is 28.6 Å². The third-order valence-electron chi connectivity index (χ3n) is 3.52. The third kappa shape index (κ3) is 1.71. The molecule has 17 heavy (non-hydrogen) atoms. The van der Waals surface area contributed by atoms with Crippen molar-refractivity contribution in [2.24, 2.45) is 11.8 Å². The molecule has 0 aromatic carbocycles. The molecule has 0 spiro atoms. The number of imidazole rings is 1. The predicted molar refractivity (Wildman–Crippen MR) is 63.6 cm³/mol. The van der Waals surface area contributed by atoms with Gasteiger partial charge >= 0.3 is 0 Å². The zero-order chi connectivity index (χ0) is 12.2. The highest BCUT2D eigenvalue weighted by Gasteiger charge is 2.42. The Morgan fingerprint density at radius 3 is 2.94 bits per heavy atom. The average molecular weight is 254 g/mol. The van der Waals surface area contributed by atoms with E-state index in [9.17, 15) is 4.39 Å². The fourth-order valence-corrected chi connectivity index (χ4v) is 2.71. The maximum absolute atomic E-state index is 13.4. The number of hydrogen-bond donors (Lipinski definition) is 0. The molecule has 1 saturated carbocycles. The van der Waals surface area contributed by atoms with Crippen molar-refractivity contribution < 1.29 is 4.39 Å². The average Bonchev–Trinajstić information content (AvgIpc) is 2.99. The quantitative estimate of drug-likeness (QED) is 0.822. The molecule has 0 aliphatic heterocycles. The van der Waals surface area contributed by atoms with Gasteiger partial charge in [0.1, 0.15) is 0 Å². The summed E-state index contributed by atoms with van der Waals surface area (Å²) in [5.41, 5.74) is 1.62. The largest absolute Gasteiger partial charge is 0.234 e. The molecule has 0 unspecified atom stereocenters. The Hall–Kier alpha value is -1.16. The molecule has 1 aliphatic rings. The third-order valence-corrected chi connectivity index (χ3v) is 3.70. The van der Waals surface area contributed by atoms with E-state index in [2.05, 4.69) is 23.9 Å². The number of fused-ring (bicyclic) bond motifs is 1. The van der Waals surface area contributed by atoms with E-state index in [1.807, 2.05) is 6.07 Å². The van der Waals surface area contributed by atoms with E-state index in [4.69, 9.17) is 11.6 Å². The van der Waals surface area contributed by atoms with Crippen molar-refractivity contribution in [2.45, 2.75) is 26.2 Å². The number of halogens is 2. The SMILES string of the molecule is CC(C)[C@H]1C[C@@H]1c1cc(Cl)nn2c(F)cnc12. The zero-order valence-electron chi connectivity index (χ0n) is 9.69. The molecule has 0 saturated heterocycles. The summed E-state index contributed by atoms with van der Waals surface area (Å²) >= 11 is 5.93. The fourth-order valence-electron chi connectivity index (χ4n) is 2.52. The van der Waals surface area contributed by atoms with Crippen molar-refractivity contribution in [3.63, 3.8) is 0 Å². The van der Waals surface area contributed by atoms with Crippen LogP contribution in [0.15, 0.2) is 12.3 Å². The molecular weight excluding hydrogens is 241 g/mol. The van der Waals surface area contributed by atoms with E-state index < -0.39 is 5.95 Å². The standard InChI is InChI=1S/C12H13ClFN3/c1-6(2)7-3-8(7)9-4-10(13)16-17-11(14)5-15-12(9)17/h4-8H,3H2,1-2H3/t7-,8+/m1/s1. The lowest BCUT2D eigenvalue weighted by molar-refractivity contribution is 0.542. The molecule has 1 aliphatic carbocycles. The summed E-state index contributed by atoms with van der Waals surface area (Å²) in [6.45, 7) is 4.41. The van der Waals surface area contributed by atoms with Crippen LogP contribution in [0.3, 0.4) is 0 Å². The second-order valence-corrected chi connectivity index (χ2v) is 5.38. The van der Waals surface area contributed by atoms with Crippen LogP contribution in [0, 0.1) is 17.8 Å². The molecule has 3 rings (SSSR count). The van der Waals surface area contributed by atoms with Crippen molar-refractivity contribution in [3.05, 3.63) is 28.9 Å². The van der Waals surface area contributed by atoms with Crippen LogP contribution in [-0.4, -0.2) is 14.6 Å². The maximum atomic E-state index is 13.4. The minimum absolute atomic E-state index is 0.318. The highest BCUT2D eigenvalue weighted by atomic mass is 35.5. The summed E-state index contributed by atoms with van der Waals surface area (Å²) in [4.78, 5) is 4.08. The second-order valence-electron chi connectivity index (χ2n) is 4.99. The van der Waals surface area contributed by atoms with Gasteiger partial charge in [-0.25, -0.2) is 4.98 Å². The summed E-state index contributed by atoms with van der Waals surface area (Å²) in [7, 11) is 0. The maximum Gasteiger partial charge on any atom is 0.234 e. The highest BCUT2D eigenvalue weighted by molar-refractivity contribution is 6.29. The van der Waals surface area contributed by atoms with E-state index in [0.717, 1.165) is 12.0 Å². The van der Waals surface area contributed by atoms with Crippen molar-refractivity contribution in [1.82, 2.24) is 14.6 Å². The topological polar surface area (TPSA) is 30.2 Å².